The number of nitrogens with one attached hydrogen (secondary N) is 1. The summed E-state index contributed by atoms with van der Waals surface area (Å²) in [5, 5.41) is 19.3. The van der Waals surface area contributed by atoms with E-state index < -0.39 is 0 Å². The van der Waals surface area contributed by atoms with Crippen molar-refractivity contribution in [3.8, 4) is 0 Å². The normalized spacial score (nSPS) is 26.3. The van der Waals surface area contributed by atoms with E-state index in [9.17, 15) is 5.11 Å². The maximum atomic E-state index is 9.87. The third-order valence-corrected chi connectivity index (χ3v) is 4.86. The van der Waals surface area contributed by atoms with Crippen LogP contribution in [-0.4, -0.2) is 27.0 Å². The van der Waals surface area contributed by atoms with Gasteiger partial charge in [-0.2, -0.15) is 5.10 Å². The highest BCUT2D eigenvalue weighted by Crippen LogP contribution is 2.32. The summed E-state index contributed by atoms with van der Waals surface area (Å²) in [5.41, 5.74) is 2.10. The van der Waals surface area contributed by atoms with E-state index in [1.165, 1.54) is 18.2 Å². The molecule has 1 aliphatic rings. The van der Waals surface area contributed by atoms with Crippen molar-refractivity contribution in [2.75, 3.05) is 6.61 Å². The van der Waals surface area contributed by atoms with Crippen molar-refractivity contribution in [2.45, 2.75) is 44.7 Å². The number of hydrogen-bond acceptors (Lipinski definition) is 3. The van der Waals surface area contributed by atoms with Crippen LogP contribution in [0.4, 0.5) is 0 Å². The van der Waals surface area contributed by atoms with E-state index in [-0.39, 0.29) is 12.1 Å². The smallest absolute Gasteiger partial charge is 0.0841 e. The van der Waals surface area contributed by atoms with Crippen LogP contribution in [0.15, 0.2) is 24.3 Å². The van der Waals surface area contributed by atoms with Crippen molar-refractivity contribution < 1.29 is 5.11 Å². The minimum absolute atomic E-state index is 0.129. The van der Waals surface area contributed by atoms with Crippen molar-refractivity contribution in [2.24, 2.45) is 13.0 Å². The third kappa shape index (κ3) is 2.83. The van der Waals surface area contributed by atoms with Gasteiger partial charge in [-0.15, -0.1) is 0 Å². The summed E-state index contributed by atoms with van der Waals surface area (Å²) < 4.78 is 1.93. The largest absolute Gasteiger partial charge is 0.394 e. The van der Waals surface area contributed by atoms with Crippen molar-refractivity contribution in [3.63, 3.8) is 0 Å². The molecule has 1 aromatic carbocycles. The molecule has 1 saturated carbocycles. The average Bonchev–Trinajstić information content (AvgIpc) is 2.82. The second-order valence-corrected chi connectivity index (χ2v) is 6.58. The number of fused-ring (bicyclic) bond motifs is 1. The Bertz CT molecular complexity index is 622. The number of rotatable bonds is 4. The molecule has 114 valence electrons. The molecule has 1 heterocycles. The van der Waals surface area contributed by atoms with Crippen molar-refractivity contribution in [1.29, 1.82) is 0 Å². The van der Waals surface area contributed by atoms with Crippen LogP contribution < -0.4 is 5.32 Å². The minimum Gasteiger partial charge on any atom is -0.394 e. The van der Waals surface area contributed by atoms with E-state index in [1.807, 2.05) is 17.8 Å². The molecule has 1 fully saturated rings. The Morgan fingerprint density at radius 3 is 3.00 bits per heavy atom. The number of aromatic nitrogens is 2. The molecule has 1 aromatic heterocycles. The van der Waals surface area contributed by atoms with Gasteiger partial charge in [-0.25, -0.2) is 0 Å². The molecule has 0 aliphatic heterocycles. The van der Waals surface area contributed by atoms with E-state index in [4.69, 9.17) is 0 Å². The number of hydrogen-bond donors (Lipinski definition) is 2. The van der Waals surface area contributed by atoms with Crippen LogP contribution in [0.2, 0.25) is 0 Å². The second-order valence-electron chi connectivity index (χ2n) is 6.58. The van der Waals surface area contributed by atoms with E-state index in [0.717, 1.165) is 24.1 Å². The zero-order valence-corrected chi connectivity index (χ0v) is 13.0. The molecule has 4 nitrogen and oxygen atoms in total. The first-order chi connectivity index (χ1) is 10.1. The Kier molecular flexibility index (Phi) is 4.00. The van der Waals surface area contributed by atoms with Gasteiger partial charge < -0.3 is 10.4 Å². The first-order valence-electron chi connectivity index (χ1n) is 7.90. The molecular weight excluding hydrogens is 262 g/mol. The highest BCUT2D eigenvalue weighted by molar-refractivity contribution is 5.81. The summed E-state index contributed by atoms with van der Waals surface area (Å²) in [7, 11) is 1.98. The summed E-state index contributed by atoms with van der Waals surface area (Å²) in [6.45, 7) is 3.21. The van der Waals surface area contributed by atoms with Crippen LogP contribution in [0, 0.1) is 5.92 Å². The van der Waals surface area contributed by atoms with Crippen LogP contribution >= 0.6 is 0 Å². The zero-order valence-electron chi connectivity index (χ0n) is 13.0. The van der Waals surface area contributed by atoms with Gasteiger partial charge in [0.15, 0.2) is 0 Å². The predicted molar refractivity (Wildman–Crippen MR) is 85.0 cm³/mol. The molecule has 2 unspecified atom stereocenters. The molecule has 4 heteroatoms. The predicted octanol–water partition coefficient (Wildman–Crippen LogP) is 2.60. The lowest BCUT2D eigenvalue weighted by Crippen LogP contribution is -2.51. The summed E-state index contributed by atoms with van der Waals surface area (Å²) in [4.78, 5) is 0. The SMILES string of the molecule is CC1CCCC(CO)(NCc2nn(C)c3ccccc23)C1. The summed E-state index contributed by atoms with van der Waals surface area (Å²) in [6.07, 6.45) is 4.57. The monoisotopic (exact) mass is 287 g/mol. The van der Waals surface area contributed by atoms with E-state index in [1.54, 1.807) is 0 Å². The van der Waals surface area contributed by atoms with Gasteiger partial charge in [0.2, 0.25) is 0 Å². The summed E-state index contributed by atoms with van der Waals surface area (Å²) >= 11 is 0. The standard InChI is InChI=1S/C17H25N3O/c1-13-6-5-9-17(10-13,12-21)18-11-15-14-7-3-4-8-16(14)20(2)19-15/h3-4,7-8,13,18,21H,5-6,9-12H2,1-2H3. The number of nitrogens with zero attached hydrogens (tertiary/aromatic N) is 2. The quantitative estimate of drug-likeness (QED) is 0.909. The fourth-order valence-electron chi connectivity index (χ4n) is 3.71. The van der Waals surface area contributed by atoms with Crippen LogP contribution in [0.5, 0.6) is 0 Å². The summed E-state index contributed by atoms with van der Waals surface area (Å²) in [6, 6.07) is 8.31. The molecule has 3 rings (SSSR count). The van der Waals surface area contributed by atoms with Gasteiger partial charge in [-0.05, 0) is 24.8 Å². The van der Waals surface area contributed by atoms with Gasteiger partial charge in [0.25, 0.3) is 0 Å². The molecule has 0 saturated heterocycles. The topological polar surface area (TPSA) is 50.1 Å². The van der Waals surface area contributed by atoms with Crippen molar-refractivity contribution in [3.05, 3.63) is 30.0 Å². The second kappa shape index (κ2) is 5.78. The molecule has 1 aliphatic carbocycles. The zero-order chi connectivity index (χ0) is 14.9. The van der Waals surface area contributed by atoms with Crippen molar-refractivity contribution in [1.82, 2.24) is 15.1 Å². The molecule has 2 aromatic rings. The molecule has 0 spiro atoms. The lowest BCUT2D eigenvalue weighted by molar-refractivity contribution is 0.0980. The molecular formula is C17H25N3O. The van der Waals surface area contributed by atoms with E-state index in [0.29, 0.717) is 12.5 Å². The molecule has 0 radical (unpaired) electrons. The molecule has 2 N–H and O–H groups in total. The van der Waals surface area contributed by atoms with Crippen LogP contribution in [0.25, 0.3) is 10.9 Å². The molecule has 21 heavy (non-hydrogen) atoms. The highest BCUT2D eigenvalue weighted by atomic mass is 16.3. The Balaban J connectivity index is 1.79. The van der Waals surface area contributed by atoms with Gasteiger partial charge in [0, 0.05) is 24.5 Å². The lowest BCUT2D eigenvalue weighted by atomic mass is 9.77. The maximum absolute atomic E-state index is 9.87. The van der Waals surface area contributed by atoms with Gasteiger partial charge in [-0.1, -0.05) is 38.0 Å². The first kappa shape index (κ1) is 14.5. The highest BCUT2D eigenvalue weighted by Gasteiger charge is 2.34. The Morgan fingerprint density at radius 1 is 1.43 bits per heavy atom. The third-order valence-electron chi connectivity index (χ3n) is 4.86. The fraction of sp³-hybridized carbons (Fsp3) is 0.588. The van der Waals surface area contributed by atoms with Crippen LogP contribution in [0.1, 0.15) is 38.3 Å². The Labute approximate surface area is 126 Å². The summed E-state index contributed by atoms with van der Waals surface area (Å²) in [5.74, 6) is 0.680. The average molecular weight is 287 g/mol. The van der Waals surface area contributed by atoms with E-state index in [2.05, 4.69) is 35.5 Å². The fourth-order valence-corrected chi connectivity index (χ4v) is 3.71. The van der Waals surface area contributed by atoms with Crippen LogP contribution in [0.3, 0.4) is 0 Å². The minimum atomic E-state index is -0.129. The van der Waals surface area contributed by atoms with Gasteiger partial charge in [0.1, 0.15) is 0 Å². The first-order valence-corrected chi connectivity index (χ1v) is 7.90. The van der Waals surface area contributed by atoms with Crippen LogP contribution in [-0.2, 0) is 13.6 Å². The number of aliphatic hydroxyl groups excluding tert-OH is 1. The van der Waals surface area contributed by atoms with Gasteiger partial charge in [0.05, 0.1) is 17.8 Å². The van der Waals surface area contributed by atoms with Crippen molar-refractivity contribution >= 4 is 10.9 Å². The number of para-hydroxylation sites is 1. The Morgan fingerprint density at radius 2 is 2.24 bits per heavy atom. The number of aryl methyl sites for hydroxylation is 1. The lowest BCUT2D eigenvalue weighted by Gasteiger charge is -2.39. The molecule has 2 atom stereocenters. The van der Waals surface area contributed by atoms with Gasteiger partial charge >= 0.3 is 0 Å². The van der Waals surface area contributed by atoms with E-state index >= 15 is 0 Å². The maximum Gasteiger partial charge on any atom is 0.0841 e. The molecule has 0 amide bonds. The number of benzene rings is 1. The molecule has 0 bridgehead atoms. The van der Waals surface area contributed by atoms with Gasteiger partial charge in [-0.3, -0.25) is 4.68 Å². The Hall–Kier alpha value is -1.39. The number of aliphatic hydroxyl groups is 1.